The van der Waals surface area contributed by atoms with Crippen molar-refractivity contribution < 1.29 is 14.5 Å². The van der Waals surface area contributed by atoms with E-state index in [4.69, 9.17) is 4.74 Å². The molecule has 1 saturated heterocycles. The summed E-state index contributed by atoms with van der Waals surface area (Å²) in [6, 6.07) is 3.75. The molecule has 3 heterocycles. The van der Waals surface area contributed by atoms with Crippen molar-refractivity contribution in [3.8, 4) is 0 Å². The third kappa shape index (κ3) is 5.52. The standard InChI is InChI=1S/C19H25N7O4/c1-2-30-19(27)25-10-6-15(7-11-25)24-18-16(26(28)29)17(22-13-23-18)21-9-5-14-4-3-8-20-12-14/h3-4,8,12-13,15H,2,5-7,9-11H2,1H3,(H2,21,22,23,24). The summed E-state index contributed by atoms with van der Waals surface area (Å²) < 4.78 is 5.02. The number of nitrogens with one attached hydrogen (secondary N) is 2. The van der Waals surface area contributed by atoms with Crippen LogP contribution in [-0.2, 0) is 11.2 Å². The first-order valence-corrected chi connectivity index (χ1v) is 9.89. The first-order chi connectivity index (χ1) is 14.6. The Hall–Kier alpha value is -3.50. The molecule has 2 N–H and O–H groups in total. The molecule has 11 nitrogen and oxygen atoms in total. The first kappa shape index (κ1) is 21.2. The van der Waals surface area contributed by atoms with Crippen molar-refractivity contribution >= 4 is 23.4 Å². The molecule has 0 spiro atoms. The molecular weight excluding hydrogens is 390 g/mol. The highest BCUT2D eigenvalue weighted by molar-refractivity contribution is 5.70. The molecular formula is C19H25N7O4. The Morgan fingerprint density at radius 1 is 1.33 bits per heavy atom. The lowest BCUT2D eigenvalue weighted by molar-refractivity contribution is -0.383. The van der Waals surface area contributed by atoms with Crippen LogP contribution < -0.4 is 10.6 Å². The molecule has 3 rings (SSSR count). The summed E-state index contributed by atoms with van der Waals surface area (Å²) >= 11 is 0. The van der Waals surface area contributed by atoms with Gasteiger partial charge in [-0.1, -0.05) is 6.07 Å². The number of carbonyl (C=O) groups excluding carboxylic acids is 1. The number of likely N-dealkylation sites (tertiary alicyclic amines) is 1. The summed E-state index contributed by atoms with van der Waals surface area (Å²) in [5, 5.41) is 17.9. The fourth-order valence-electron chi connectivity index (χ4n) is 3.27. The molecule has 1 aliphatic rings. The third-order valence-electron chi connectivity index (χ3n) is 4.80. The van der Waals surface area contributed by atoms with Gasteiger partial charge in [0.1, 0.15) is 6.33 Å². The molecule has 0 radical (unpaired) electrons. The van der Waals surface area contributed by atoms with E-state index in [-0.39, 0.29) is 29.5 Å². The first-order valence-electron chi connectivity index (χ1n) is 9.89. The number of rotatable bonds is 8. The fourth-order valence-corrected chi connectivity index (χ4v) is 3.27. The molecule has 1 fully saturated rings. The fraction of sp³-hybridized carbons (Fsp3) is 0.474. The zero-order valence-corrected chi connectivity index (χ0v) is 16.8. The summed E-state index contributed by atoms with van der Waals surface area (Å²) in [5.74, 6) is 0.346. The predicted molar refractivity (Wildman–Crippen MR) is 110 cm³/mol. The minimum Gasteiger partial charge on any atom is -0.450 e. The quantitative estimate of drug-likeness (QED) is 0.492. The topological polar surface area (TPSA) is 135 Å². The zero-order chi connectivity index (χ0) is 21.3. The Balaban J connectivity index is 1.62. The van der Waals surface area contributed by atoms with Crippen molar-refractivity contribution in [2.45, 2.75) is 32.2 Å². The highest BCUT2D eigenvalue weighted by Crippen LogP contribution is 2.30. The largest absolute Gasteiger partial charge is 0.450 e. The molecule has 30 heavy (non-hydrogen) atoms. The average molecular weight is 415 g/mol. The van der Waals surface area contributed by atoms with Gasteiger partial charge < -0.3 is 20.3 Å². The van der Waals surface area contributed by atoms with Crippen LogP contribution in [0.15, 0.2) is 30.9 Å². The second-order valence-electron chi connectivity index (χ2n) is 6.82. The van der Waals surface area contributed by atoms with Crippen LogP contribution >= 0.6 is 0 Å². The minimum absolute atomic E-state index is 0.0347. The molecule has 2 aromatic heterocycles. The normalized spacial score (nSPS) is 14.2. The van der Waals surface area contributed by atoms with Gasteiger partial charge >= 0.3 is 11.8 Å². The number of carbonyl (C=O) groups is 1. The Morgan fingerprint density at radius 3 is 2.77 bits per heavy atom. The van der Waals surface area contributed by atoms with E-state index < -0.39 is 4.92 Å². The van der Waals surface area contributed by atoms with Gasteiger partial charge in [0.05, 0.1) is 11.5 Å². The van der Waals surface area contributed by atoms with Crippen LogP contribution in [0.4, 0.5) is 22.1 Å². The molecule has 0 unspecified atom stereocenters. The van der Waals surface area contributed by atoms with E-state index in [1.807, 2.05) is 12.1 Å². The number of nitrogens with zero attached hydrogens (tertiary/aromatic N) is 5. The molecule has 1 amide bonds. The highest BCUT2D eigenvalue weighted by atomic mass is 16.6. The van der Waals surface area contributed by atoms with Crippen LogP contribution in [0.2, 0.25) is 0 Å². The van der Waals surface area contributed by atoms with Crippen molar-refractivity contribution in [2.24, 2.45) is 0 Å². The number of ether oxygens (including phenoxy) is 1. The summed E-state index contributed by atoms with van der Waals surface area (Å²) in [7, 11) is 0. The summed E-state index contributed by atoms with van der Waals surface area (Å²) in [6.45, 7) is 3.61. The molecule has 0 aliphatic carbocycles. The van der Waals surface area contributed by atoms with Gasteiger partial charge in [0.15, 0.2) is 0 Å². The maximum Gasteiger partial charge on any atom is 0.409 e. The molecule has 0 bridgehead atoms. The molecule has 11 heteroatoms. The van der Waals surface area contributed by atoms with Crippen LogP contribution in [0.3, 0.4) is 0 Å². The third-order valence-corrected chi connectivity index (χ3v) is 4.80. The van der Waals surface area contributed by atoms with Crippen molar-refractivity contribution in [1.29, 1.82) is 0 Å². The van der Waals surface area contributed by atoms with E-state index in [1.165, 1.54) is 6.33 Å². The van der Waals surface area contributed by atoms with E-state index in [0.717, 1.165) is 5.56 Å². The molecule has 160 valence electrons. The van der Waals surface area contributed by atoms with Crippen molar-refractivity contribution in [2.75, 3.05) is 36.9 Å². The number of hydrogen-bond acceptors (Lipinski definition) is 9. The Labute approximate surface area is 174 Å². The predicted octanol–water partition coefficient (Wildman–Crippen LogP) is 2.47. The SMILES string of the molecule is CCOC(=O)N1CCC(Nc2ncnc(NCCc3cccnc3)c2[N+](=O)[O-])CC1. The Morgan fingerprint density at radius 2 is 2.10 bits per heavy atom. The van der Waals surface area contributed by atoms with Crippen molar-refractivity contribution in [3.63, 3.8) is 0 Å². The average Bonchev–Trinajstić information content (AvgIpc) is 2.75. The van der Waals surface area contributed by atoms with Crippen LogP contribution in [0.5, 0.6) is 0 Å². The second-order valence-corrected chi connectivity index (χ2v) is 6.82. The summed E-state index contributed by atoms with van der Waals surface area (Å²) in [5.41, 5.74) is 0.838. The van der Waals surface area contributed by atoms with Gasteiger partial charge in [-0.15, -0.1) is 0 Å². The number of piperidine rings is 1. The lowest BCUT2D eigenvalue weighted by atomic mass is 10.1. The number of hydrogen-bond donors (Lipinski definition) is 2. The van der Waals surface area contributed by atoms with Crippen molar-refractivity contribution in [3.05, 3.63) is 46.5 Å². The minimum atomic E-state index is -0.484. The van der Waals surface area contributed by atoms with Gasteiger partial charge in [-0.3, -0.25) is 15.1 Å². The lowest BCUT2D eigenvalue weighted by Gasteiger charge is -2.31. The number of aromatic nitrogens is 3. The number of amides is 1. The molecule has 2 aromatic rings. The van der Waals surface area contributed by atoms with Crippen molar-refractivity contribution in [1.82, 2.24) is 19.9 Å². The highest BCUT2D eigenvalue weighted by Gasteiger charge is 2.28. The Kier molecular flexibility index (Phi) is 7.30. The maximum absolute atomic E-state index is 11.8. The van der Waals surface area contributed by atoms with E-state index in [1.54, 1.807) is 24.2 Å². The van der Waals surface area contributed by atoms with E-state index in [9.17, 15) is 14.9 Å². The van der Waals surface area contributed by atoms with Crippen LogP contribution in [0.25, 0.3) is 0 Å². The van der Waals surface area contributed by atoms with Gasteiger partial charge in [0.2, 0.25) is 11.6 Å². The maximum atomic E-state index is 11.8. The molecule has 0 aromatic carbocycles. The zero-order valence-electron chi connectivity index (χ0n) is 16.8. The van der Waals surface area contributed by atoms with Gasteiger partial charge in [0, 0.05) is 38.1 Å². The number of pyridine rings is 1. The van der Waals surface area contributed by atoms with E-state index in [2.05, 4.69) is 25.6 Å². The molecule has 0 saturated carbocycles. The van der Waals surface area contributed by atoms with Gasteiger partial charge in [0.25, 0.3) is 0 Å². The summed E-state index contributed by atoms with van der Waals surface area (Å²) in [4.78, 5) is 36.9. The van der Waals surface area contributed by atoms with Gasteiger partial charge in [-0.25, -0.2) is 14.8 Å². The Bertz CT molecular complexity index is 857. The molecule has 0 atom stereocenters. The van der Waals surface area contributed by atoms with Gasteiger partial charge in [-0.2, -0.15) is 0 Å². The number of anilines is 2. The summed E-state index contributed by atoms with van der Waals surface area (Å²) in [6.07, 6.45) is 6.36. The van der Waals surface area contributed by atoms with Crippen LogP contribution in [0.1, 0.15) is 25.3 Å². The van der Waals surface area contributed by atoms with E-state index in [0.29, 0.717) is 45.5 Å². The second kappa shape index (κ2) is 10.3. The number of nitro groups is 1. The van der Waals surface area contributed by atoms with Crippen LogP contribution in [0, 0.1) is 10.1 Å². The lowest BCUT2D eigenvalue weighted by Crippen LogP contribution is -2.42. The van der Waals surface area contributed by atoms with E-state index >= 15 is 0 Å². The van der Waals surface area contributed by atoms with Crippen LogP contribution in [-0.4, -0.2) is 63.2 Å². The smallest absolute Gasteiger partial charge is 0.409 e. The molecule has 1 aliphatic heterocycles. The monoisotopic (exact) mass is 415 g/mol. The van der Waals surface area contributed by atoms with Gasteiger partial charge in [-0.05, 0) is 37.8 Å².